The van der Waals surface area contributed by atoms with E-state index in [1.54, 1.807) is 0 Å². The lowest BCUT2D eigenvalue weighted by Crippen LogP contribution is -2.26. The van der Waals surface area contributed by atoms with E-state index in [-0.39, 0.29) is 0 Å². The minimum atomic E-state index is 0.371. The molecule has 0 aromatic rings. The van der Waals surface area contributed by atoms with Crippen molar-refractivity contribution in [3.63, 3.8) is 0 Å². The molecule has 0 saturated heterocycles. The molecule has 0 radical (unpaired) electrons. The molecule has 0 fully saturated rings. The third-order valence-electron chi connectivity index (χ3n) is 3.40. The second kappa shape index (κ2) is 7.24. The smallest absolute Gasteiger partial charge is 0.00618 e. The molecule has 0 heterocycles. The zero-order chi connectivity index (χ0) is 11.1. The fourth-order valence-electron chi connectivity index (χ4n) is 1.53. The number of rotatable bonds is 7. The fourth-order valence-corrected chi connectivity index (χ4v) is 1.53. The fraction of sp³-hybridized carbons (Fsp3) is 1.00. The van der Waals surface area contributed by atoms with Crippen LogP contribution in [0.25, 0.3) is 0 Å². The molecule has 86 valence electrons. The third kappa shape index (κ3) is 5.61. The van der Waals surface area contributed by atoms with Gasteiger partial charge in [-0.05, 0) is 30.7 Å². The molecular weight excluding hydrogens is 172 g/mol. The Morgan fingerprint density at radius 3 is 1.93 bits per heavy atom. The van der Waals surface area contributed by atoms with Gasteiger partial charge >= 0.3 is 0 Å². The largest absolute Gasteiger partial charge is 0.330 e. The number of nitrogens with two attached hydrogens (primary N) is 2. The van der Waals surface area contributed by atoms with Gasteiger partial charge in [-0.3, -0.25) is 0 Å². The van der Waals surface area contributed by atoms with Crippen LogP contribution in [0.5, 0.6) is 0 Å². The molecule has 0 aliphatic heterocycles. The highest BCUT2D eigenvalue weighted by Crippen LogP contribution is 2.18. The van der Waals surface area contributed by atoms with Crippen LogP contribution in [0.15, 0.2) is 0 Å². The van der Waals surface area contributed by atoms with Crippen LogP contribution in [0.3, 0.4) is 0 Å². The van der Waals surface area contributed by atoms with Crippen LogP contribution in [0.2, 0.25) is 0 Å². The van der Waals surface area contributed by atoms with Crippen molar-refractivity contribution < 1.29 is 0 Å². The van der Waals surface area contributed by atoms with Gasteiger partial charge in [-0.1, -0.05) is 40.5 Å². The van der Waals surface area contributed by atoms with Crippen molar-refractivity contribution in [2.45, 2.75) is 53.0 Å². The first-order chi connectivity index (χ1) is 6.49. The maximum Gasteiger partial charge on any atom is 0.00618 e. The highest BCUT2D eigenvalue weighted by molar-refractivity contribution is 4.68. The minimum Gasteiger partial charge on any atom is -0.330 e. The van der Waals surface area contributed by atoms with E-state index in [9.17, 15) is 0 Å². The van der Waals surface area contributed by atoms with Gasteiger partial charge < -0.3 is 11.5 Å². The first kappa shape index (κ1) is 13.9. The van der Waals surface area contributed by atoms with Crippen LogP contribution < -0.4 is 11.5 Å². The van der Waals surface area contributed by atoms with Gasteiger partial charge in [0.25, 0.3) is 0 Å². The molecule has 3 unspecified atom stereocenters. The van der Waals surface area contributed by atoms with Gasteiger partial charge in [0.1, 0.15) is 0 Å². The molecule has 0 bridgehead atoms. The van der Waals surface area contributed by atoms with Crippen LogP contribution >= 0.6 is 0 Å². The van der Waals surface area contributed by atoms with E-state index in [1.807, 2.05) is 0 Å². The Morgan fingerprint density at radius 2 is 1.50 bits per heavy atom. The number of hydrogen-bond acceptors (Lipinski definition) is 2. The molecule has 3 atom stereocenters. The minimum absolute atomic E-state index is 0.371. The van der Waals surface area contributed by atoms with Crippen molar-refractivity contribution in [3.05, 3.63) is 0 Å². The molecule has 0 aromatic heterocycles. The van der Waals surface area contributed by atoms with Gasteiger partial charge in [0, 0.05) is 6.04 Å². The Morgan fingerprint density at radius 1 is 0.929 bits per heavy atom. The highest BCUT2D eigenvalue weighted by Gasteiger charge is 2.12. The van der Waals surface area contributed by atoms with E-state index in [0.717, 1.165) is 18.9 Å². The molecule has 2 heteroatoms. The summed E-state index contributed by atoms with van der Waals surface area (Å²) in [5.74, 6) is 1.99. The van der Waals surface area contributed by atoms with Gasteiger partial charge in [0.2, 0.25) is 0 Å². The molecule has 14 heavy (non-hydrogen) atoms. The molecule has 4 N–H and O–H groups in total. The van der Waals surface area contributed by atoms with Crippen molar-refractivity contribution in [2.75, 3.05) is 6.54 Å². The highest BCUT2D eigenvalue weighted by atomic mass is 14.6. The van der Waals surface area contributed by atoms with E-state index in [1.165, 1.54) is 12.8 Å². The van der Waals surface area contributed by atoms with Crippen LogP contribution in [-0.4, -0.2) is 12.6 Å². The molecule has 0 amide bonds. The van der Waals surface area contributed by atoms with Crippen molar-refractivity contribution in [1.29, 1.82) is 0 Å². The standard InChI is InChI=1S/C12H28N2/c1-9(2)12(14)7-5-6-10(3)11(4)8-13/h9-12H,5-8,13-14H2,1-4H3. The Bertz CT molecular complexity index is 134. The summed E-state index contributed by atoms with van der Waals surface area (Å²) in [5.41, 5.74) is 11.6. The summed E-state index contributed by atoms with van der Waals surface area (Å²) in [7, 11) is 0. The van der Waals surface area contributed by atoms with Crippen LogP contribution in [0.1, 0.15) is 47.0 Å². The molecule has 0 saturated carbocycles. The average Bonchev–Trinajstić information content (AvgIpc) is 2.15. The van der Waals surface area contributed by atoms with Gasteiger partial charge in [-0.2, -0.15) is 0 Å². The molecule has 0 aliphatic carbocycles. The predicted octanol–water partition coefficient (Wildman–Crippen LogP) is 2.37. The quantitative estimate of drug-likeness (QED) is 0.663. The SMILES string of the molecule is CC(C)C(N)CCCC(C)C(C)CN. The van der Waals surface area contributed by atoms with Crippen molar-refractivity contribution >= 4 is 0 Å². The average molecular weight is 200 g/mol. The van der Waals surface area contributed by atoms with E-state index in [0.29, 0.717) is 17.9 Å². The normalized spacial score (nSPS) is 18.2. The molecule has 0 aliphatic rings. The second-order valence-electron chi connectivity index (χ2n) is 5.03. The number of hydrogen-bond donors (Lipinski definition) is 2. The van der Waals surface area contributed by atoms with Crippen LogP contribution in [-0.2, 0) is 0 Å². The van der Waals surface area contributed by atoms with Gasteiger partial charge in [-0.15, -0.1) is 0 Å². The molecule has 0 spiro atoms. The summed E-state index contributed by atoms with van der Waals surface area (Å²) in [6.45, 7) is 9.70. The lowest BCUT2D eigenvalue weighted by atomic mass is 9.89. The van der Waals surface area contributed by atoms with Gasteiger partial charge in [0.15, 0.2) is 0 Å². The van der Waals surface area contributed by atoms with E-state index >= 15 is 0 Å². The maximum atomic E-state index is 5.99. The summed E-state index contributed by atoms with van der Waals surface area (Å²) in [5, 5.41) is 0. The van der Waals surface area contributed by atoms with E-state index < -0.39 is 0 Å². The molecule has 2 nitrogen and oxygen atoms in total. The first-order valence-electron chi connectivity index (χ1n) is 5.94. The van der Waals surface area contributed by atoms with Crippen molar-refractivity contribution in [2.24, 2.45) is 29.2 Å². The second-order valence-corrected chi connectivity index (χ2v) is 5.03. The van der Waals surface area contributed by atoms with Gasteiger partial charge in [0.05, 0.1) is 0 Å². The Kier molecular flexibility index (Phi) is 7.20. The predicted molar refractivity (Wildman–Crippen MR) is 64.0 cm³/mol. The monoisotopic (exact) mass is 200 g/mol. The summed E-state index contributed by atoms with van der Waals surface area (Å²) < 4.78 is 0. The maximum absolute atomic E-state index is 5.99. The van der Waals surface area contributed by atoms with E-state index in [2.05, 4.69) is 27.7 Å². The Balaban J connectivity index is 3.53. The van der Waals surface area contributed by atoms with Crippen LogP contribution in [0.4, 0.5) is 0 Å². The summed E-state index contributed by atoms with van der Waals surface area (Å²) >= 11 is 0. The lowest BCUT2D eigenvalue weighted by molar-refractivity contribution is 0.344. The van der Waals surface area contributed by atoms with Crippen molar-refractivity contribution in [3.8, 4) is 0 Å². The van der Waals surface area contributed by atoms with Crippen molar-refractivity contribution in [1.82, 2.24) is 0 Å². The van der Waals surface area contributed by atoms with Crippen LogP contribution in [0, 0.1) is 17.8 Å². The summed E-state index contributed by atoms with van der Waals surface area (Å²) in [6, 6.07) is 0.371. The van der Waals surface area contributed by atoms with Gasteiger partial charge in [-0.25, -0.2) is 0 Å². The third-order valence-corrected chi connectivity index (χ3v) is 3.40. The Labute approximate surface area is 89.4 Å². The van der Waals surface area contributed by atoms with E-state index in [4.69, 9.17) is 11.5 Å². The molecule has 0 rings (SSSR count). The topological polar surface area (TPSA) is 52.0 Å². The zero-order valence-corrected chi connectivity index (χ0v) is 10.3. The molecular formula is C12H28N2. The Hall–Kier alpha value is -0.0800. The zero-order valence-electron chi connectivity index (χ0n) is 10.3. The lowest BCUT2D eigenvalue weighted by Gasteiger charge is -2.20. The summed E-state index contributed by atoms with van der Waals surface area (Å²) in [6.07, 6.45) is 3.66. The molecule has 0 aromatic carbocycles. The summed E-state index contributed by atoms with van der Waals surface area (Å²) in [4.78, 5) is 0. The first-order valence-corrected chi connectivity index (χ1v) is 5.94.